The van der Waals surface area contributed by atoms with E-state index < -0.39 is 0 Å². The molecule has 2 aliphatic heterocycles. The van der Waals surface area contributed by atoms with Crippen LogP contribution in [0.3, 0.4) is 0 Å². The summed E-state index contributed by atoms with van der Waals surface area (Å²) in [5.74, 6) is 0. The minimum atomic E-state index is 0.586. The van der Waals surface area contributed by atoms with Gasteiger partial charge in [-0.3, -0.25) is 4.90 Å². The Morgan fingerprint density at radius 1 is 1.37 bits per heavy atom. The molecule has 3 heterocycles. The van der Waals surface area contributed by atoms with Gasteiger partial charge in [0, 0.05) is 29.0 Å². The third-order valence-corrected chi connectivity index (χ3v) is 5.89. The highest BCUT2D eigenvalue weighted by molar-refractivity contribution is 7.10. The monoisotopic (exact) mass is 278 g/mol. The van der Waals surface area contributed by atoms with Crippen LogP contribution in [-0.2, 0) is 0 Å². The number of nitrogens with one attached hydrogen (secondary N) is 1. The van der Waals surface area contributed by atoms with Crippen LogP contribution in [0.2, 0.25) is 0 Å². The number of nitrogens with zero attached hydrogens (tertiary/aromatic N) is 1. The number of fused-ring (bicyclic) bond motifs is 2. The van der Waals surface area contributed by atoms with Gasteiger partial charge in [-0.1, -0.05) is 13.0 Å². The molecule has 2 bridgehead atoms. The van der Waals surface area contributed by atoms with Crippen molar-refractivity contribution in [3.05, 3.63) is 22.4 Å². The molecule has 3 rings (SSSR count). The summed E-state index contributed by atoms with van der Waals surface area (Å²) >= 11 is 1.91. The molecule has 2 saturated heterocycles. The topological polar surface area (TPSA) is 15.3 Å². The molecule has 1 N–H and O–H groups in total. The predicted molar refractivity (Wildman–Crippen MR) is 82.7 cm³/mol. The van der Waals surface area contributed by atoms with E-state index in [0.29, 0.717) is 6.04 Å². The van der Waals surface area contributed by atoms with Crippen LogP contribution in [-0.4, -0.2) is 29.6 Å². The zero-order chi connectivity index (χ0) is 13.2. The molecule has 3 heteroatoms. The first-order chi connectivity index (χ1) is 9.28. The molecule has 0 saturated carbocycles. The Hall–Kier alpha value is -0.380. The van der Waals surface area contributed by atoms with Crippen LogP contribution >= 0.6 is 11.3 Å². The van der Waals surface area contributed by atoms with E-state index in [9.17, 15) is 0 Å². The van der Waals surface area contributed by atoms with Gasteiger partial charge < -0.3 is 5.32 Å². The summed E-state index contributed by atoms with van der Waals surface area (Å²) in [6.07, 6.45) is 6.76. The van der Waals surface area contributed by atoms with Crippen LogP contribution in [0.1, 0.15) is 56.9 Å². The maximum Gasteiger partial charge on any atom is 0.0416 e. The summed E-state index contributed by atoms with van der Waals surface area (Å²) in [4.78, 5) is 4.30. The first-order valence-electron chi connectivity index (χ1n) is 7.83. The standard InChI is InChI=1S/C16H26N2S/c1-3-8-18(12(2)16-5-4-9-19-16)15-10-13-6-7-14(11-15)17-13/h4-5,9,12-15,17H,3,6-8,10-11H2,1-2H3. The number of thiophene rings is 1. The summed E-state index contributed by atoms with van der Waals surface area (Å²) in [5, 5.41) is 5.98. The normalized spacial score (nSPS) is 31.8. The second-order valence-electron chi connectivity index (χ2n) is 6.19. The summed E-state index contributed by atoms with van der Waals surface area (Å²) < 4.78 is 0. The lowest BCUT2D eigenvalue weighted by Gasteiger charge is -2.41. The fourth-order valence-electron chi connectivity index (χ4n) is 3.94. The molecule has 106 valence electrons. The molecular weight excluding hydrogens is 252 g/mol. The van der Waals surface area contributed by atoms with Crippen molar-refractivity contribution in [2.45, 2.75) is 70.1 Å². The molecule has 0 aliphatic carbocycles. The molecular formula is C16H26N2S. The highest BCUT2D eigenvalue weighted by atomic mass is 32.1. The fourth-order valence-corrected chi connectivity index (χ4v) is 4.74. The van der Waals surface area contributed by atoms with Crippen LogP contribution in [0, 0.1) is 0 Å². The SMILES string of the molecule is CCCN(C1CC2CCC(C1)N2)C(C)c1cccs1. The summed E-state index contributed by atoms with van der Waals surface area (Å²) in [6, 6.07) is 7.44. The largest absolute Gasteiger partial charge is 0.311 e. The molecule has 3 unspecified atom stereocenters. The number of piperidine rings is 1. The minimum Gasteiger partial charge on any atom is -0.311 e. The molecule has 1 aromatic heterocycles. The Balaban J connectivity index is 1.73. The van der Waals surface area contributed by atoms with E-state index in [1.165, 1.54) is 43.5 Å². The first-order valence-corrected chi connectivity index (χ1v) is 8.71. The van der Waals surface area contributed by atoms with Crippen molar-refractivity contribution in [3.63, 3.8) is 0 Å². The predicted octanol–water partition coefficient (Wildman–Crippen LogP) is 3.80. The van der Waals surface area contributed by atoms with E-state index in [0.717, 1.165) is 18.1 Å². The quantitative estimate of drug-likeness (QED) is 0.881. The van der Waals surface area contributed by atoms with Crippen LogP contribution in [0.5, 0.6) is 0 Å². The molecule has 0 radical (unpaired) electrons. The Kier molecular flexibility index (Phi) is 4.25. The van der Waals surface area contributed by atoms with E-state index in [1.54, 1.807) is 0 Å². The van der Waals surface area contributed by atoms with Gasteiger partial charge >= 0.3 is 0 Å². The second kappa shape index (κ2) is 5.94. The lowest BCUT2D eigenvalue weighted by atomic mass is 9.96. The number of rotatable bonds is 5. The van der Waals surface area contributed by atoms with E-state index >= 15 is 0 Å². The second-order valence-corrected chi connectivity index (χ2v) is 7.17. The van der Waals surface area contributed by atoms with Crippen LogP contribution in [0.4, 0.5) is 0 Å². The molecule has 0 spiro atoms. The summed E-state index contributed by atoms with van der Waals surface area (Å²) in [6.45, 7) is 5.94. The van der Waals surface area contributed by atoms with Crippen molar-refractivity contribution < 1.29 is 0 Å². The summed E-state index contributed by atoms with van der Waals surface area (Å²) in [5.41, 5.74) is 0. The van der Waals surface area contributed by atoms with Crippen LogP contribution in [0.25, 0.3) is 0 Å². The van der Waals surface area contributed by atoms with Crippen molar-refractivity contribution in [2.24, 2.45) is 0 Å². The van der Waals surface area contributed by atoms with Crippen LogP contribution in [0.15, 0.2) is 17.5 Å². The Morgan fingerprint density at radius 2 is 2.11 bits per heavy atom. The highest BCUT2D eigenvalue weighted by Gasteiger charge is 2.37. The molecule has 1 aromatic rings. The van der Waals surface area contributed by atoms with Gasteiger partial charge in [-0.2, -0.15) is 0 Å². The van der Waals surface area contributed by atoms with Crippen molar-refractivity contribution >= 4 is 11.3 Å². The van der Waals surface area contributed by atoms with Gasteiger partial charge in [0.15, 0.2) is 0 Å². The van der Waals surface area contributed by atoms with E-state index in [-0.39, 0.29) is 0 Å². The van der Waals surface area contributed by atoms with Gasteiger partial charge in [0.05, 0.1) is 0 Å². The van der Waals surface area contributed by atoms with E-state index in [1.807, 2.05) is 11.3 Å². The lowest BCUT2D eigenvalue weighted by molar-refractivity contribution is 0.103. The first kappa shape index (κ1) is 13.6. The maximum atomic E-state index is 3.77. The third kappa shape index (κ3) is 2.88. The Labute approximate surface area is 121 Å². The van der Waals surface area contributed by atoms with Gasteiger partial charge in [0.2, 0.25) is 0 Å². The fraction of sp³-hybridized carbons (Fsp3) is 0.750. The van der Waals surface area contributed by atoms with Gasteiger partial charge in [0.1, 0.15) is 0 Å². The molecule has 3 atom stereocenters. The molecule has 2 fully saturated rings. The van der Waals surface area contributed by atoms with Gasteiger partial charge in [-0.05, 0) is 57.0 Å². The molecule has 0 aromatic carbocycles. The van der Waals surface area contributed by atoms with Crippen molar-refractivity contribution in [3.8, 4) is 0 Å². The minimum absolute atomic E-state index is 0.586. The molecule has 0 amide bonds. The molecule has 2 nitrogen and oxygen atoms in total. The van der Waals surface area contributed by atoms with Gasteiger partial charge in [-0.25, -0.2) is 0 Å². The highest BCUT2D eigenvalue weighted by Crippen LogP contribution is 2.35. The molecule has 19 heavy (non-hydrogen) atoms. The maximum absolute atomic E-state index is 3.77. The van der Waals surface area contributed by atoms with Crippen molar-refractivity contribution in [2.75, 3.05) is 6.54 Å². The molecule has 2 aliphatic rings. The Bertz CT molecular complexity index is 377. The summed E-state index contributed by atoms with van der Waals surface area (Å²) in [7, 11) is 0. The smallest absolute Gasteiger partial charge is 0.0416 e. The zero-order valence-corrected chi connectivity index (χ0v) is 13.0. The lowest BCUT2D eigenvalue weighted by Crippen LogP contribution is -2.49. The van der Waals surface area contributed by atoms with Crippen molar-refractivity contribution in [1.82, 2.24) is 10.2 Å². The van der Waals surface area contributed by atoms with Gasteiger partial charge in [0.25, 0.3) is 0 Å². The zero-order valence-electron chi connectivity index (χ0n) is 12.1. The van der Waals surface area contributed by atoms with Crippen LogP contribution < -0.4 is 5.32 Å². The van der Waals surface area contributed by atoms with E-state index in [4.69, 9.17) is 0 Å². The van der Waals surface area contributed by atoms with E-state index in [2.05, 4.69) is 41.6 Å². The number of hydrogen-bond donors (Lipinski definition) is 1. The Morgan fingerprint density at radius 3 is 2.68 bits per heavy atom. The average molecular weight is 278 g/mol. The number of hydrogen-bond acceptors (Lipinski definition) is 3. The van der Waals surface area contributed by atoms with Gasteiger partial charge in [-0.15, -0.1) is 11.3 Å². The van der Waals surface area contributed by atoms with Crippen molar-refractivity contribution in [1.29, 1.82) is 0 Å². The average Bonchev–Trinajstić information content (AvgIpc) is 3.05. The third-order valence-electron chi connectivity index (χ3n) is 4.85.